The molecule has 17 heavy (non-hydrogen) atoms. The van der Waals surface area contributed by atoms with Crippen molar-refractivity contribution < 1.29 is 4.74 Å². The Morgan fingerprint density at radius 3 is 2.82 bits per heavy atom. The zero-order chi connectivity index (χ0) is 12.1. The van der Waals surface area contributed by atoms with Crippen LogP contribution in [0.15, 0.2) is 6.20 Å². The number of aromatic nitrogens is 2. The normalized spacial score (nSPS) is 17.3. The summed E-state index contributed by atoms with van der Waals surface area (Å²) in [5.41, 5.74) is 2.39. The van der Waals surface area contributed by atoms with E-state index >= 15 is 0 Å². The minimum atomic E-state index is 0.484. The highest BCUT2D eigenvalue weighted by Crippen LogP contribution is 2.24. The first-order chi connectivity index (χ1) is 8.35. The van der Waals surface area contributed by atoms with Crippen molar-refractivity contribution in [1.82, 2.24) is 15.3 Å². The molecule has 1 aliphatic rings. The summed E-state index contributed by atoms with van der Waals surface area (Å²) >= 11 is 0. The van der Waals surface area contributed by atoms with Crippen LogP contribution in [0.2, 0.25) is 0 Å². The van der Waals surface area contributed by atoms with E-state index < -0.39 is 0 Å². The molecule has 0 unspecified atom stereocenters. The topological polar surface area (TPSA) is 47.0 Å². The predicted octanol–water partition coefficient (Wildman–Crippen LogP) is 1.65. The second kappa shape index (κ2) is 6.07. The first kappa shape index (κ1) is 12.5. The van der Waals surface area contributed by atoms with Crippen LogP contribution in [-0.4, -0.2) is 30.2 Å². The molecule has 1 aliphatic heterocycles. The number of hydrogen-bond acceptors (Lipinski definition) is 4. The van der Waals surface area contributed by atoms with Crippen LogP contribution in [0.3, 0.4) is 0 Å². The molecule has 2 heterocycles. The summed E-state index contributed by atoms with van der Waals surface area (Å²) in [5.74, 6) is 1.49. The molecular formula is C13H21N3O. The summed E-state index contributed by atoms with van der Waals surface area (Å²) in [6.45, 7) is 4.67. The number of hydrogen-bond donors (Lipinski definition) is 1. The van der Waals surface area contributed by atoms with Gasteiger partial charge in [-0.2, -0.15) is 0 Å². The highest BCUT2D eigenvalue weighted by atomic mass is 16.5. The Bertz CT molecular complexity index is 362. The molecule has 0 radical (unpaired) electrons. The Morgan fingerprint density at radius 1 is 1.41 bits per heavy atom. The number of nitrogens with zero attached hydrogens (tertiary/aromatic N) is 2. The standard InChI is InChI=1S/C13H21N3O/c1-3-12-11(8-14-2)9-15-13(16-12)10-4-6-17-7-5-10/h9-10,14H,3-8H2,1-2H3. The van der Waals surface area contributed by atoms with Gasteiger partial charge in [0.25, 0.3) is 0 Å². The van der Waals surface area contributed by atoms with Gasteiger partial charge in [-0.15, -0.1) is 0 Å². The van der Waals surface area contributed by atoms with E-state index in [1.807, 2.05) is 13.2 Å². The maximum absolute atomic E-state index is 5.37. The average Bonchev–Trinajstić information content (AvgIpc) is 2.40. The first-order valence-corrected chi connectivity index (χ1v) is 6.42. The van der Waals surface area contributed by atoms with Crippen LogP contribution in [0, 0.1) is 0 Å². The Kier molecular flexibility index (Phi) is 4.45. The van der Waals surface area contributed by atoms with Gasteiger partial charge in [0.15, 0.2) is 0 Å². The van der Waals surface area contributed by atoms with E-state index in [9.17, 15) is 0 Å². The second-order valence-electron chi connectivity index (χ2n) is 4.47. The van der Waals surface area contributed by atoms with Gasteiger partial charge >= 0.3 is 0 Å². The molecule has 0 aromatic carbocycles. The summed E-state index contributed by atoms with van der Waals surface area (Å²) < 4.78 is 5.37. The fraction of sp³-hybridized carbons (Fsp3) is 0.692. The van der Waals surface area contributed by atoms with E-state index in [-0.39, 0.29) is 0 Å². The van der Waals surface area contributed by atoms with E-state index in [0.717, 1.165) is 44.8 Å². The molecule has 0 atom stereocenters. The molecule has 0 spiro atoms. The van der Waals surface area contributed by atoms with Gasteiger partial charge in [-0.1, -0.05) is 6.92 Å². The van der Waals surface area contributed by atoms with Gasteiger partial charge in [-0.25, -0.2) is 9.97 Å². The van der Waals surface area contributed by atoms with E-state index in [1.54, 1.807) is 0 Å². The minimum Gasteiger partial charge on any atom is -0.381 e. The third-order valence-corrected chi connectivity index (χ3v) is 3.26. The smallest absolute Gasteiger partial charge is 0.131 e. The van der Waals surface area contributed by atoms with Gasteiger partial charge < -0.3 is 10.1 Å². The molecule has 1 fully saturated rings. The molecule has 1 N–H and O–H groups in total. The van der Waals surface area contributed by atoms with Crippen molar-refractivity contribution in [2.45, 2.75) is 38.6 Å². The van der Waals surface area contributed by atoms with Crippen LogP contribution in [0.25, 0.3) is 0 Å². The Morgan fingerprint density at radius 2 is 2.18 bits per heavy atom. The maximum atomic E-state index is 5.37. The summed E-state index contributed by atoms with van der Waals surface area (Å²) in [4.78, 5) is 9.25. The van der Waals surface area contributed by atoms with Gasteiger partial charge in [0.1, 0.15) is 5.82 Å². The molecule has 0 saturated carbocycles. The lowest BCUT2D eigenvalue weighted by atomic mass is 9.99. The molecule has 4 heteroatoms. The fourth-order valence-corrected chi connectivity index (χ4v) is 2.25. The van der Waals surface area contributed by atoms with Crippen LogP contribution in [0.5, 0.6) is 0 Å². The Hall–Kier alpha value is -1.00. The number of aryl methyl sites for hydroxylation is 1. The van der Waals surface area contributed by atoms with Gasteiger partial charge in [-0.3, -0.25) is 0 Å². The van der Waals surface area contributed by atoms with Crippen LogP contribution in [0.4, 0.5) is 0 Å². The maximum Gasteiger partial charge on any atom is 0.131 e. The molecule has 0 aliphatic carbocycles. The van der Waals surface area contributed by atoms with E-state index in [4.69, 9.17) is 9.72 Å². The lowest BCUT2D eigenvalue weighted by Crippen LogP contribution is -2.18. The lowest BCUT2D eigenvalue weighted by Gasteiger charge is -2.21. The van der Waals surface area contributed by atoms with Crippen LogP contribution in [0.1, 0.15) is 42.8 Å². The van der Waals surface area contributed by atoms with Crippen molar-refractivity contribution in [2.24, 2.45) is 0 Å². The number of ether oxygens (including phenoxy) is 1. The van der Waals surface area contributed by atoms with Crippen molar-refractivity contribution in [1.29, 1.82) is 0 Å². The Labute approximate surface area is 103 Å². The highest BCUT2D eigenvalue weighted by molar-refractivity contribution is 5.18. The average molecular weight is 235 g/mol. The Balaban J connectivity index is 2.17. The molecule has 94 valence electrons. The highest BCUT2D eigenvalue weighted by Gasteiger charge is 2.19. The summed E-state index contributed by atoms with van der Waals surface area (Å²) in [7, 11) is 1.95. The van der Waals surface area contributed by atoms with Crippen LogP contribution >= 0.6 is 0 Å². The van der Waals surface area contributed by atoms with E-state index in [1.165, 1.54) is 11.3 Å². The summed E-state index contributed by atoms with van der Waals surface area (Å²) in [5, 5.41) is 3.16. The monoisotopic (exact) mass is 235 g/mol. The third-order valence-electron chi connectivity index (χ3n) is 3.26. The molecule has 1 aromatic heterocycles. The number of nitrogens with one attached hydrogen (secondary N) is 1. The molecule has 0 amide bonds. The first-order valence-electron chi connectivity index (χ1n) is 6.42. The summed E-state index contributed by atoms with van der Waals surface area (Å²) in [6, 6.07) is 0. The molecule has 2 rings (SSSR count). The SMILES string of the molecule is CCc1nc(C2CCOCC2)ncc1CNC. The third kappa shape index (κ3) is 3.01. The molecule has 0 bridgehead atoms. The van der Waals surface area contributed by atoms with E-state index in [2.05, 4.69) is 17.2 Å². The van der Waals surface area contributed by atoms with E-state index in [0.29, 0.717) is 5.92 Å². The van der Waals surface area contributed by atoms with Crippen LogP contribution < -0.4 is 5.32 Å². The fourth-order valence-electron chi connectivity index (χ4n) is 2.25. The van der Waals surface area contributed by atoms with Gasteiger partial charge in [0, 0.05) is 43.1 Å². The van der Waals surface area contributed by atoms with Gasteiger partial charge in [0.2, 0.25) is 0 Å². The molecular weight excluding hydrogens is 214 g/mol. The van der Waals surface area contributed by atoms with Crippen molar-refractivity contribution in [2.75, 3.05) is 20.3 Å². The van der Waals surface area contributed by atoms with Crippen molar-refractivity contribution in [3.8, 4) is 0 Å². The molecule has 1 aromatic rings. The van der Waals surface area contributed by atoms with Crippen molar-refractivity contribution in [3.05, 3.63) is 23.3 Å². The largest absolute Gasteiger partial charge is 0.381 e. The number of rotatable bonds is 4. The zero-order valence-electron chi connectivity index (χ0n) is 10.7. The predicted molar refractivity (Wildman–Crippen MR) is 67.0 cm³/mol. The zero-order valence-corrected chi connectivity index (χ0v) is 10.7. The molecule has 1 saturated heterocycles. The quantitative estimate of drug-likeness (QED) is 0.862. The van der Waals surface area contributed by atoms with Gasteiger partial charge in [-0.05, 0) is 26.3 Å². The lowest BCUT2D eigenvalue weighted by molar-refractivity contribution is 0.0835. The second-order valence-corrected chi connectivity index (χ2v) is 4.47. The molecule has 4 nitrogen and oxygen atoms in total. The van der Waals surface area contributed by atoms with Crippen molar-refractivity contribution in [3.63, 3.8) is 0 Å². The minimum absolute atomic E-state index is 0.484. The van der Waals surface area contributed by atoms with Gasteiger partial charge in [0.05, 0.1) is 0 Å². The van der Waals surface area contributed by atoms with Crippen molar-refractivity contribution >= 4 is 0 Å². The van der Waals surface area contributed by atoms with Crippen LogP contribution in [-0.2, 0) is 17.7 Å². The summed E-state index contributed by atoms with van der Waals surface area (Å²) in [6.07, 6.45) is 5.05.